The highest BCUT2D eigenvalue weighted by Crippen LogP contribution is 2.18. The number of carbonyl (C=O) groups is 2. The molecule has 1 aromatic carbocycles. The summed E-state index contributed by atoms with van der Waals surface area (Å²) in [5, 5.41) is 6.00. The second-order valence-electron chi connectivity index (χ2n) is 7.69. The summed E-state index contributed by atoms with van der Waals surface area (Å²) in [4.78, 5) is 28.3. The molecule has 0 unspecified atom stereocenters. The lowest BCUT2D eigenvalue weighted by atomic mass is 10.1. The maximum absolute atomic E-state index is 12.5. The molecule has 3 amide bonds. The number of hydrogen-bond donors (Lipinski definition) is 2. The Labute approximate surface area is 162 Å². The predicted octanol–water partition coefficient (Wildman–Crippen LogP) is 2.85. The number of benzene rings is 1. The van der Waals surface area contributed by atoms with Crippen LogP contribution in [-0.2, 0) is 11.2 Å². The SMILES string of the molecule is CCCCCc1ccc(NC(=O)N2CCN(CC(=O)NC3CC3)CC2)cc1. The van der Waals surface area contributed by atoms with Crippen LogP contribution in [0.1, 0.15) is 44.6 Å². The van der Waals surface area contributed by atoms with Crippen LogP contribution in [0, 0.1) is 0 Å². The van der Waals surface area contributed by atoms with E-state index in [9.17, 15) is 9.59 Å². The highest BCUT2D eigenvalue weighted by molar-refractivity contribution is 5.89. The molecule has 1 saturated carbocycles. The topological polar surface area (TPSA) is 64.7 Å². The molecule has 2 N–H and O–H groups in total. The van der Waals surface area contributed by atoms with Gasteiger partial charge in [0.15, 0.2) is 0 Å². The van der Waals surface area contributed by atoms with Crippen LogP contribution in [0.2, 0.25) is 0 Å². The number of aryl methyl sites for hydroxylation is 1. The Morgan fingerprint density at radius 1 is 1.04 bits per heavy atom. The minimum Gasteiger partial charge on any atom is -0.352 e. The molecule has 27 heavy (non-hydrogen) atoms. The smallest absolute Gasteiger partial charge is 0.321 e. The van der Waals surface area contributed by atoms with E-state index in [1.54, 1.807) is 0 Å². The van der Waals surface area contributed by atoms with E-state index in [0.29, 0.717) is 25.7 Å². The van der Waals surface area contributed by atoms with Gasteiger partial charge in [0.05, 0.1) is 6.54 Å². The Hall–Kier alpha value is -2.08. The van der Waals surface area contributed by atoms with Crippen molar-refractivity contribution in [3.63, 3.8) is 0 Å². The first-order chi connectivity index (χ1) is 13.1. The number of piperazine rings is 1. The number of urea groups is 1. The minimum absolute atomic E-state index is 0.0594. The molecule has 6 nitrogen and oxygen atoms in total. The monoisotopic (exact) mass is 372 g/mol. The van der Waals surface area contributed by atoms with Crippen molar-refractivity contribution in [2.75, 3.05) is 38.0 Å². The van der Waals surface area contributed by atoms with Gasteiger partial charge in [0.1, 0.15) is 0 Å². The van der Waals surface area contributed by atoms with Crippen LogP contribution in [0.3, 0.4) is 0 Å². The molecule has 0 aromatic heterocycles. The molecule has 1 aliphatic heterocycles. The van der Waals surface area contributed by atoms with Gasteiger partial charge in [-0.1, -0.05) is 31.9 Å². The van der Waals surface area contributed by atoms with Crippen LogP contribution in [0.4, 0.5) is 10.5 Å². The van der Waals surface area contributed by atoms with Gasteiger partial charge < -0.3 is 15.5 Å². The second kappa shape index (κ2) is 9.74. The molecule has 0 atom stereocenters. The fourth-order valence-electron chi connectivity index (χ4n) is 3.35. The zero-order valence-electron chi connectivity index (χ0n) is 16.4. The summed E-state index contributed by atoms with van der Waals surface area (Å²) in [5.74, 6) is 0.106. The van der Waals surface area contributed by atoms with E-state index in [0.717, 1.165) is 38.0 Å². The van der Waals surface area contributed by atoms with Crippen molar-refractivity contribution in [1.82, 2.24) is 15.1 Å². The molecule has 6 heteroatoms. The van der Waals surface area contributed by atoms with Gasteiger partial charge in [-0.3, -0.25) is 9.69 Å². The molecule has 1 aromatic rings. The fraction of sp³-hybridized carbons (Fsp3) is 0.619. The number of unbranched alkanes of at least 4 members (excludes halogenated alkanes) is 2. The van der Waals surface area contributed by atoms with Gasteiger partial charge in [-0.15, -0.1) is 0 Å². The van der Waals surface area contributed by atoms with Crippen LogP contribution in [0.5, 0.6) is 0 Å². The fourth-order valence-corrected chi connectivity index (χ4v) is 3.35. The Kier molecular flexibility index (Phi) is 7.10. The maximum atomic E-state index is 12.5. The highest BCUT2D eigenvalue weighted by Gasteiger charge is 2.26. The Morgan fingerprint density at radius 2 is 1.74 bits per heavy atom. The lowest BCUT2D eigenvalue weighted by Crippen LogP contribution is -2.52. The summed E-state index contributed by atoms with van der Waals surface area (Å²) in [5.41, 5.74) is 2.16. The summed E-state index contributed by atoms with van der Waals surface area (Å²) in [7, 11) is 0. The predicted molar refractivity (Wildman–Crippen MR) is 108 cm³/mol. The lowest BCUT2D eigenvalue weighted by Gasteiger charge is -2.34. The summed E-state index contributed by atoms with van der Waals surface area (Å²) >= 11 is 0. The Bertz CT molecular complexity index is 620. The van der Waals surface area contributed by atoms with Gasteiger partial charge in [0, 0.05) is 37.9 Å². The van der Waals surface area contributed by atoms with Crippen molar-refractivity contribution >= 4 is 17.6 Å². The number of amides is 3. The maximum Gasteiger partial charge on any atom is 0.321 e. The molecule has 1 heterocycles. The van der Waals surface area contributed by atoms with Crippen LogP contribution in [-0.4, -0.2) is 60.5 Å². The molecular formula is C21H32N4O2. The molecule has 2 aliphatic rings. The van der Waals surface area contributed by atoms with Crippen LogP contribution < -0.4 is 10.6 Å². The Morgan fingerprint density at radius 3 is 2.37 bits per heavy atom. The first-order valence-corrected chi connectivity index (χ1v) is 10.3. The van der Waals surface area contributed by atoms with Crippen LogP contribution in [0.15, 0.2) is 24.3 Å². The van der Waals surface area contributed by atoms with Crippen molar-refractivity contribution in [1.29, 1.82) is 0 Å². The van der Waals surface area contributed by atoms with Crippen molar-refractivity contribution < 1.29 is 9.59 Å². The second-order valence-corrected chi connectivity index (χ2v) is 7.69. The summed E-state index contributed by atoms with van der Waals surface area (Å²) in [6, 6.07) is 8.51. The summed E-state index contributed by atoms with van der Waals surface area (Å²) in [6.07, 6.45) is 7.02. The molecule has 3 rings (SSSR count). The van der Waals surface area contributed by atoms with Gasteiger partial charge in [-0.2, -0.15) is 0 Å². The van der Waals surface area contributed by atoms with E-state index in [1.807, 2.05) is 17.0 Å². The molecular weight excluding hydrogens is 340 g/mol. The number of nitrogens with one attached hydrogen (secondary N) is 2. The van der Waals surface area contributed by atoms with Crippen molar-refractivity contribution in [3.05, 3.63) is 29.8 Å². The third kappa shape index (κ3) is 6.54. The first-order valence-electron chi connectivity index (χ1n) is 10.3. The molecule has 1 saturated heterocycles. The first kappa shape index (κ1) is 19.7. The van der Waals surface area contributed by atoms with E-state index < -0.39 is 0 Å². The highest BCUT2D eigenvalue weighted by atomic mass is 16.2. The van der Waals surface area contributed by atoms with E-state index in [2.05, 4.69) is 34.6 Å². The minimum atomic E-state index is -0.0594. The molecule has 2 fully saturated rings. The van der Waals surface area contributed by atoms with Crippen molar-refractivity contribution in [2.24, 2.45) is 0 Å². The number of hydrogen-bond acceptors (Lipinski definition) is 3. The molecule has 148 valence electrons. The largest absolute Gasteiger partial charge is 0.352 e. The average Bonchev–Trinajstić information content (AvgIpc) is 3.48. The van der Waals surface area contributed by atoms with Crippen molar-refractivity contribution in [3.8, 4) is 0 Å². The van der Waals surface area contributed by atoms with E-state index in [1.165, 1.54) is 24.8 Å². The molecule has 0 radical (unpaired) electrons. The van der Waals surface area contributed by atoms with Crippen LogP contribution in [0.25, 0.3) is 0 Å². The van der Waals surface area contributed by atoms with Gasteiger partial charge >= 0.3 is 6.03 Å². The van der Waals surface area contributed by atoms with Gasteiger partial charge in [-0.25, -0.2) is 4.79 Å². The molecule has 0 spiro atoms. The van der Waals surface area contributed by atoms with Gasteiger partial charge in [0.2, 0.25) is 5.91 Å². The normalized spacial score (nSPS) is 17.6. The summed E-state index contributed by atoms with van der Waals surface area (Å²) in [6.45, 7) is 5.42. The number of carbonyl (C=O) groups excluding carboxylic acids is 2. The third-order valence-corrected chi connectivity index (χ3v) is 5.24. The standard InChI is InChI=1S/C21H32N4O2/c1-2-3-4-5-17-6-8-19(9-7-17)23-21(27)25-14-12-24(13-15-25)16-20(26)22-18-10-11-18/h6-9,18H,2-5,10-16H2,1H3,(H,22,26)(H,23,27). The van der Waals surface area contributed by atoms with E-state index in [4.69, 9.17) is 0 Å². The summed E-state index contributed by atoms with van der Waals surface area (Å²) < 4.78 is 0. The van der Waals surface area contributed by atoms with E-state index >= 15 is 0 Å². The zero-order chi connectivity index (χ0) is 19.1. The lowest BCUT2D eigenvalue weighted by molar-refractivity contribution is -0.122. The number of anilines is 1. The zero-order valence-corrected chi connectivity index (χ0v) is 16.4. The number of rotatable bonds is 8. The molecule has 1 aliphatic carbocycles. The average molecular weight is 373 g/mol. The molecule has 0 bridgehead atoms. The van der Waals surface area contributed by atoms with Gasteiger partial charge in [-0.05, 0) is 43.4 Å². The third-order valence-electron chi connectivity index (χ3n) is 5.24. The van der Waals surface area contributed by atoms with Crippen LogP contribution >= 0.6 is 0 Å². The van der Waals surface area contributed by atoms with E-state index in [-0.39, 0.29) is 11.9 Å². The van der Waals surface area contributed by atoms with Gasteiger partial charge in [0.25, 0.3) is 0 Å². The van der Waals surface area contributed by atoms with Crippen molar-refractivity contribution in [2.45, 2.75) is 51.5 Å². The Balaban J connectivity index is 1.38. The quantitative estimate of drug-likeness (QED) is 0.690. The number of nitrogens with zero attached hydrogens (tertiary/aromatic N) is 2.